The first-order valence-electron chi connectivity index (χ1n) is 12.2. The summed E-state index contributed by atoms with van der Waals surface area (Å²) < 4.78 is 56.3. The van der Waals surface area contributed by atoms with Crippen LogP contribution in [0.15, 0.2) is 36.9 Å². The summed E-state index contributed by atoms with van der Waals surface area (Å²) in [6.07, 6.45) is 4.39. The molecule has 1 saturated heterocycles. The molecule has 0 radical (unpaired) electrons. The molecule has 0 aliphatic carbocycles. The van der Waals surface area contributed by atoms with Crippen LogP contribution in [0.1, 0.15) is 39.2 Å². The van der Waals surface area contributed by atoms with E-state index in [1.165, 1.54) is 41.0 Å². The molecule has 40 heavy (non-hydrogen) atoms. The fraction of sp³-hybridized carbons (Fsp3) is 0.360. The number of rotatable bonds is 10. The topological polar surface area (TPSA) is 139 Å². The molecule has 3 aromatic heterocycles. The predicted octanol–water partition coefficient (Wildman–Crippen LogP) is 2.13. The number of alkyl halides is 2. The Labute approximate surface area is 226 Å². The highest BCUT2D eigenvalue weighted by Gasteiger charge is 2.38. The van der Waals surface area contributed by atoms with Crippen LogP contribution in [0.5, 0.6) is 5.75 Å². The first-order valence-corrected chi connectivity index (χ1v) is 12.2. The number of amides is 1. The average molecular weight is 558 g/mol. The summed E-state index contributed by atoms with van der Waals surface area (Å²) in [6.45, 7) is -0.235. The second-order valence-corrected chi connectivity index (χ2v) is 9.35. The molecule has 1 amide bonds. The standard InChI is InChI=1S/C25H26F3N9O3/c1-39-12-19-17(24(29)38)10-36(32-19)11-18-22(26)20(40-2)8-16(23(18)37-14-31-33-34-37)7-15-3-4-21(30-9-15)35-6-5-25(27,28)13-35/h3-4,8-10,14H,5-7,11-13H2,1-2H3,(H2,29,38). The molecule has 1 aromatic carbocycles. The molecule has 1 fully saturated rings. The van der Waals surface area contributed by atoms with Gasteiger partial charge in [0.1, 0.15) is 17.8 Å². The van der Waals surface area contributed by atoms with Crippen molar-refractivity contribution in [3.05, 3.63) is 70.7 Å². The van der Waals surface area contributed by atoms with Gasteiger partial charge in [0.2, 0.25) is 0 Å². The maximum Gasteiger partial charge on any atom is 0.266 e. The second-order valence-electron chi connectivity index (χ2n) is 9.35. The van der Waals surface area contributed by atoms with Gasteiger partial charge in [0.05, 0.1) is 38.1 Å². The number of halogens is 3. The predicted molar refractivity (Wildman–Crippen MR) is 135 cm³/mol. The second kappa shape index (κ2) is 10.9. The van der Waals surface area contributed by atoms with Crippen molar-refractivity contribution in [1.29, 1.82) is 0 Å². The van der Waals surface area contributed by atoms with Crippen LogP contribution >= 0.6 is 0 Å². The van der Waals surface area contributed by atoms with Gasteiger partial charge in [0, 0.05) is 44.5 Å². The highest BCUT2D eigenvalue weighted by molar-refractivity contribution is 5.93. The number of methoxy groups -OCH3 is 2. The number of nitrogens with zero attached hydrogens (tertiary/aromatic N) is 8. The maximum absolute atomic E-state index is 15.8. The van der Waals surface area contributed by atoms with Gasteiger partial charge in [0.15, 0.2) is 11.6 Å². The number of nitrogens with two attached hydrogens (primary N) is 1. The summed E-state index contributed by atoms with van der Waals surface area (Å²) in [6, 6.07) is 5.00. The minimum Gasteiger partial charge on any atom is -0.494 e. The number of primary amides is 1. The molecule has 5 rings (SSSR count). The lowest BCUT2D eigenvalue weighted by atomic mass is 9.99. The van der Waals surface area contributed by atoms with E-state index in [4.69, 9.17) is 15.2 Å². The Bertz CT molecular complexity index is 1510. The number of aromatic nitrogens is 7. The maximum atomic E-state index is 15.8. The van der Waals surface area contributed by atoms with E-state index in [1.54, 1.807) is 24.4 Å². The van der Waals surface area contributed by atoms with Gasteiger partial charge < -0.3 is 20.1 Å². The van der Waals surface area contributed by atoms with Gasteiger partial charge in [0.25, 0.3) is 11.8 Å². The number of tetrazole rings is 1. The quantitative estimate of drug-likeness (QED) is 0.311. The van der Waals surface area contributed by atoms with Crippen LogP contribution in [-0.2, 0) is 24.3 Å². The highest BCUT2D eigenvalue weighted by Crippen LogP contribution is 2.33. The molecule has 15 heteroatoms. The highest BCUT2D eigenvalue weighted by atomic mass is 19.3. The molecule has 1 aliphatic rings. The molecule has 4 aromatic rings. The summed E-state index contributed by atoms with van der Waals surface area (Å²) >= 11 is 0. The number of pyridine rings is 1. The molecule has 4 heterocycles. The largest absolute Gasteiger partial charge is 0.494 e. The van der Waals surface area contributed by atoms with Crippen molar-refractivity contribution in [2.45, 2.75) is 31.9 Å². The first-order chi connectivity index (χ1) is 19.2. The minimum atomic E-state index is -2.74. The molecule has 210 valence electrons. The molecular weight excluding hydrogens is 531 g/mol. The van der Waals surface area contributed by atoms with Crippen molar-refractivity contribution in [3.63, 3.8) is 0 Å². The Morgan fingerprint density at radius 2 is 2.08 bits per heavy atom. The van der Waals surface area contributed by atoms with E-state index in [-0.39, 0.29) is 56.0 Å². The van der Waals surface area contributed by atoms with Crippen molar-refractivity contribution in [2.24, 2.45) is 5.73 Å². The van der Waals surface area contributed by atoms with E-state index in [1.807, 2.05) is 0 Å². The van der Waals surface area contributed by atoms with E-state index in [9.17, 15) is 13.6 Å². The summed E-state index contributed by atoms with van der Waals surface area (Å²) in [5.74, 6) is -3.66. The zero-order valence-electron chi connectivity index (χ0n) is 21.7. The molecule has 0 atom stereocenters. The smallest absolute Gasteiger partial charge is 0.266 e. The molecule has 0 unspecified atom stereocenters. The molecule has 0 bridgehead atoms. The summed E-state index contributed by atoms with van der Waals surface area (Å²) in [4.78, 5) is 17.8. The third kappa shape index (κ3) is 5.45. The van der Waals surface area contributed by atoms with Crippen molar-refractivity contribution < 1.29 is 27.4 Å². The molecule has 1 aliphatic heterocycles. The molecular formula is C25H26F3N9O3. The summed E-state index contributed by atoms with van der Waals surface area (Å²) in [7, 11) is 2.80. The third-order valence-electron chi connectivity index (χ3n) is 6.58. The average Bonchev–Trinajstić information content (AvgIpc) is 3.67. The van der Waals surface area contributed by atoms with Gasteiger partial charge in [-0.1, -0.05) is 6.07 Å². The third-order valence-corrected chi connectivity index (χ3v) is 6.58. The van der Waals surface area contributed by atoms with Crippen LogP contribution in [0.2, 0.25) is 0 Å². The zero-order chi connectivity index (χ0) is 28.4. The van der Waals surface area contributed by atoms with Crippen LogP contribution in [0.25, 0.3) is 5.69 Å². The summed E-state index contributed by atoms with van der Waals surface area (Å²) in [5.41, 5.74) is 7.77. The minimum absolute atomic E-state index is 0.0231. The Balaban J connectivity index is 1.54. The van der Waals surface area contributed by atoms with Crippen LogP contribution in [0, 0.1) is 5.82 Å². The molecule has 0 spiro atoms. The Morgan fingerprint density at radius 1 is 1.25 bits per heavy atom. The van der Waals surface area contributed by atoms with Crippen LogP contribution in [0.3, 0.4) is 0 Å². The summed E-state index contributed by atoms with van der Waals surface area (Å²) in [5, 5.41) is 15.7. The molecule has 0 saturated carbocycles. The van der Waals surface area contributed by atoms with Crippen molar-refractivity contribution in [3.8, 4) is 11.4 Å². The number of carbonyl (C=O) groups is 1. The van der Waals surface area contributed by atoms with Crippen LogP contribution in [0.4, 0.5) is 19.0 Å². The SMILES string of the molecule is COCc1nn(Cc2c(F)c(OC)cc(Cc3ccc(N4CCC(F)(F)C4)nc3)c2-n2cnnn2)cc1C(N)=O. The van der Waals surface area contributed by atoms with Gasteiger partial charge in [-0.3, -0.25) is 9.48 Å². The van der Waals surface area contributed by atoms with E-state index < -0.39 is 17.6 Å². The van der Waals surface area contributed by atoms with Crippen LogP contribution in [-0.4, -0.2) is 74.1 Å². The lowest BCUT2D eigenvalue weighted by Crippen LogP contribution is -2.25. The normalized spacial score (nSPS) is 14.6. The van der Waals surface area contributed by atoms with E-state index in [0.29, 0.717) is 22.8 Å². The van der Waals surface area contributed by atoms with Gasteiger partial charge in [-0.05, 0) is 33.7 Å². The Kier molecular flexibility index (Phi) is 7.38. The number of anilines is 1. The van der Waals surface area contributed by atoms with E-state index in [2.05, 4.69) is 25.6 Å². The number of hydrogen-bond acceptors (Lipinski definition) is 9. The Hall–Kier alpha value is -4.53. The molecule has 12 nitrogen and oxygen atoms in total. The first kappa shape index (κ1) is 27.1. The number of benzene rings is 1. The lowest BCUT2D eigenvalue weighted by Gasteiger charge is -2.19. The van der Waals surface area contributed by atoms with E-state index in [0.717, 1.165) is 5.56 Å². The van der Waals surface area contributed by atoms with Gasteiger partial charge in [-0.2, -0.15) is 9.78 Å². The van der Waals surface area contributed by atoms with Gasteiger partial charge >= 0.3 is 0 Å². The fourth-order valence-electron chi connectivity index (χ4n) is 4.73. The fourth-order valence-corrected chi connectivity index (χ4v) is 4.73. The molecule has 2 N–H and O–H groups in total. The van der Waals surface area contributed by atoms with Crippen molar-refractivity contribution in [1.82, 2.24) is 35.0 Å². The monoisotopic (exact) mass is 557 g/mol. The number of hydrogen-bond donors (Lipinski definition) is 1. The number of carbonyl (C=O) groups excluding carboxylic acids is 1. The number of ether oxygens (including phenoxy) is 2. The Morgan fingerprint density at radius 3 is 2.67 bits per heavy atom. The van der Waals surface area contributed by atoms with Crippen LogP contribution < -0.4 is 15.4 Å². The van der Waals surface area contributed by atoms with Gasteiger partial charge in [-0.25, -0.2) is 18.2 Å². The lowest BCUT2D eigenvalue weighted by molar-refractivity contribution is 0.0256. The van der Waals surface area contributed by atoms with Gasteiger partial charge in [-0.15, -0.1) is 5.10 Å². The zero-order valence-corrected chi connectivity index (χ0v) is 21.7. The van der Waals surface area contributed by atoms with Crippen molar-refractivity contribution >= 4 is 11.7 Å². The van der Waals surface area contributed by atoms with E-state index >= 15 is 4.39 Å². The van der Waals surface area contributed by atoms with Crippen molar-refractivity contribution in [2.75, 3.05) is 32.2 Å².